The Balaban J connectivity index is 1.81. The van der Waals surface area contributed by atoms with Gasteiger partial charge in [0.05, 0.1) is 24.6 Å². The van der Waals surface area contributed by atoms with Crippen LogP contribution in [0.3, 0.4) is 0 Å². The quantitative estimate of drug-likeness (QED) is 0.395. The number of benzene rings is 3. The molecule has 0 spiro atoms. The third-order valence-corrected chi connectivity index (χ3v) is 5.93. The summed E-state index contributed by atoms with van der Waals surface area (Å²) in [5.41, 5.74) is 0.559. The van der Waals surface area contributed by atoms with Crippen molar-refractivity contribution in [1.29, 1.82) is 0 Å². The van der Waals surface area contributed by atoms with Crippen molar-refractivity contribution in [3.05, 3.63) is 129 Å². The summed E-state index contributed by atoms with van der Waals surface area (Å²) in [5, 5.41) is 0. The van der Waals surface area contributed by atoms with Crippen LogP contribution in [0.2, 0.25) is 0 Å². The molecule has 0 bridgehead atoms. The van der Waals surface area contributed by atoms with Gasteiger partial charge < -0.3 is 4.57 Å². The monoisotopic (exact) mass is 458 g/mol. The van der Waals surface area contributed by atoms with Gasteiger partial charge in [0.25, 0.3) is 5.56 Å². The van der Waals surface area contributed by atoms with Crippen molar-refractivity contribution in [3.8, 4) is 5.69 Å². The molecule has 0 N–H and O–H groups in total. The van der Waals surface area contributed by atoms with Gasteiger partial charge in [0.1, 0.15) is 11.6 Å². The number of imidazole rings is 1. The Kier molecular flexibility index (Phi) is 5.41. The number of nitrogens with zero attached hydrogens (tertiary/aromatic N) is 4. The van der Waals surface area contributed by atoms with E-state index in [-0.39, 0.29) is 29.3 Å². The molecular formula is C26H20F2N4O2. The van der Waals surface area contributed by atoms with Gasteiger partial charge in [-0.2, -0.15) is 0 Å². The fraction of sp³-hybridized carbons (Fsp3) is 0.115. The van der Waals surface area contributed by atoms with E-state index in [9.17, 15) is 18.4 Å². The second-order valence-corrected chi connectivity index (χ2v) is 7.99. The van der Waals surface area contributed by atoms with Gasteiger partial charge in [-0.3, -0.25) is 9.36 Å². The molecule has 2 aromatic heterocycles. The Morgan fingerprint density at radius 3 is 2.26 bits per heavy atom. The van der Waals surface area contributed by atoms with Crippen molar-refractivity contribution in [1.82, 2.24) is 18.7 Å². The Bertz CT molecular complexity index is 1600. The zero-order chi connectivity index (χ0) is 23.8. The number of aromatic nitrogens is 4. The summed E-state index contributed by atoms with van der Waals surface area (Å²) in [6.45, 7) is 1.66. The Labute approximate surface area is 193 Å². The molecule has 1 atom stereocenters. The van der Waals surface area contributed by atoms with E-state index in [1.165, 1.54) is 53.4 Å². The average molecular weight is 458 g/mol. The van der Waals surface area contributed by atoms with E-state index in [0.717, 1.165) is 10.1 Å². The largest absolute Gasteiger partial charge is 0.337 e. The highest BCUT2D eigenvalue weighted by molar-refractivity contribution is 5.73. The molecule has 6 nitrogen and oxygen atoms in total. The summed E-state index contributed by atoms with van der Waals surface area (Å²) in [5.74, 6) is -0.982. The predicted octanol–water partition coefficient (Wildman–Crippen LogP) is 4.28. The molecule has 0 saturated carbocycles. The number of hydrogen-bond acceptors (Lipinski definition) is 3. The van der Waals surface area contributed by atoms with E-state index >= 15 is 0 Å². The summed E-state index contributed by atoms with van der Waals surface area (Å²) in [4.78, 5) is 31.5. The number of hydrogen-bond donors (Lipinski definition) is 0. The van der Waals surface area contributed by atoms with Crippen molar-refractivity contribution in [2.75, 3.05) is 0 Å². The summed E-state index contributed by atoms with van der Waals surface area (Å²) in [6, 6.07) is 20.6. The van der Waals surface area contributed by atoms with Gasteiger partial charge in [-0.05, 0) is 42.8 Å². The molecule has 0 amide bonds. The van der Waals surface area contributed by atoms with Crippen LogP contribution < -0.4 is 11.2 Å². The molecule has 0 saturated heterocycles. The molecule has 1 unspecified atom stereocenters. The van der Waals surface area contributed by atoms with Crippen LogP contribution in [0.4, 0.5) is 8.78 Å². The van der Waals surface area contributed by atoms with Crippen LogP contribution >= 0.6 is 0 Å². The normalized spacial score (nSPS) is 12.2. The van der Waals surface area contributed by atoms with Gasteiger partial charge >= 0.3 is 5.69 Å². The van der Waals surface area contributed by atoms with Crippen molar-refractivity contribution >= 4 is 11.2 Å². The minimum Gasteiger partial charge on any atom is -0.317 e. The van der Waals surface area contributed by atoms with Crippen LogP contribution in [-0.2, 0) is 6.54 Å². The van der Waals surface area contributed by atoms with E-state index in [2.05, 4.69) is 4.98 Å². The third-order valence-electron chi connectivity index (χ3n) is 5.93. The van der Waals surface area contributed by atoms with E-state index in [1.54, 1.807) is 10.6 Å². The first-order valence-electron chi connectivity index (χ1n) is 10.7. The van der Waals surface area contributed by atoms with Crippen LogP contribution in [0.25, 0.3) is 16.9 Å². The van der Waals surface area contributed by atoms with Gasteiger partial charge in [0.15, 0.2) is 11.2 Å². The summed E-state index contributed by atoms with van der Waals surface area (Å²) >= 11 is 0. The maximum Gasteiger partial charge on any atom is 0.337 e. The van der Waals surface area contributed by atoms with Gasteiger partial charge in [0, 0.05) is 5.56 Å². The van der Waals surface area contributed by atoms with E-state index in [1.807, 2.05) is 37.3 Å². The summed E-state index contributed by atoms with van der Waals surface area (Å²) < 4.78 is 31.9. The van der Waals surface area contributed by atoms with Crippen molar-refractivity contribution < 1.29 is 8.78 Å². The van der Waals surface area contributed by atoms with Crippen molar-refractivity contribution in [2.45, 2.75) is 19.5 Å². The zero-order valence-electron chi connectivity index (χ0n) is 18.2. The van der Waals surface area contributed by atoms with Gasteiger partial charge in [-0.15, -0.1) is 0 Å². The van der Waals surface area contributed by atoms with Crippen molar-refractivity contribution in [2.24, 2.45) is 0 Å². The maximum atomic E-state index is 14.4. The molecule has 5 aromatic rings. The van der Waals surface area contributed by atoms with E-state index < -0.39 is 22.9 Å². The van der Waals surface area contributed by atoms with E-state index in [4.69, 9.17) is 0 Å². The van der Waals surface area contributed by atoms with Crippen LogP contribution in [0.15, 0.2) is 94.8 Å². The SMILES string of the molecule is CC(c1ccccc1)n1cnc2c1c(=O)n(Cc1ccccc1F)c(=O)n2-c1ccc(F)cc1. The highest BCUT2D eigenvalue weighted by atomic mass is 19.1. The Morgan fingerprint density at radius 2 is 1.56 bits per heavy atom. The summed E-state index contributed by atoms with van der Waals surface area (Å²) in [7, 11) is 0. The lowest BCUT2D eigenvalue weighted by molar-refractivity contribution is 0.584. The maximum absolute atomic E-state index is 14.4. The van der Waals surface area contributed by atoms with Crippen molar-refractivity contribution in [3.63, 3.8) is 0 Å². The fourth-order valence-electron chi connectivity index (χ4n) is 4.09. The molecule has 8 heteroatoms. The lowest BCUT2D eigenvalue weighted by atomic mass is 10.1. The molecule has 34 heavy (non-hydrogen) atoms. The van der Waals surface area contributed by atoms with Crippen LogP contribution in [-0.4, -0.2) is 18.7 Å². The van der Waals surface area contributed by atoms with Crippen LogP contribution in [0.1, 0.15) is 24.1 Å². The molecule has 0 aliphatic rings. The second-order valence-electron chi connectivity index (χ2n) is 7.99. The zero-order valence-corrected chi connectivity index (χ0v) is 18.2. The molecule has 0 aliphatic heterocycles. The number of rotatable bonds is 5. The average Bonchev–Trinajstić information content (AvgIpc) is 3.29. The van der Waals surface area contributed by atoms with Gasteiger partial charge in [0.2, 0.25) is 0 Å². The smallest absolute Gasteiger partial charge is 0.317 e. The minimum atomic E-state index is -0.690. The number of halogens is 2. The van der Waals surface area contributed by atoms with Crippen LogP contribution in [0.5, 0.6) is 0 Å². The topological polar surface area (TPSA) is 61.8 Å². The summed E-state index contributed by atoms with van der Waals surface area (Å²) in [6.07, 6.45) is 1.51. The molecule has 170 valence electrons. The highest BCUT2D eigenvalue weighted by Gasteiger charge is 2.22. The predicted molar refractivity (Wildman–Crippen MR) is 125 cm³/mol. The van der Waals surface area contributed by atoms with Gasteiger partial charge in [-0.25, -0.2) is 23.1 Å². The lowest BCUT2D eigenvalue weighted by Crippen LogP contribution is -2.40. The Morgan fingerprint density at radius 1 is 0.882 bits per heavy atom. The molecule has 3 aromatic carbocycles. The second kappa shape index (κ2) is 8.55. The van der Waals surface area contributed by atoms with Crippen LogP contribution in [0, 0.1) is 11.6 Å². The first-order chi connectivity index (χ1) is 16.5. The molecule has 0 aliphatic carbocycles. The molecule has 0 fully saturated rings. The molecule has 5 rings (SSSR count). The molecule has 2 heterocycles. The molecule has 0 radical (unpaired) electrons. The fourth-order valence-corrected chi connectivity index (χ4v) is 4.09. The van der Waals surface area contributed by atoms with Gasteiger partial charge in [-0.1, -0.05) is 48.5 Å². The first-order valence-corrected chi connectivity index (χ1v) is 10.7. The number of fused-ring (bicyclic) bond motifs is 1. The highest BCUT2D eigenvalue weighted by Crippen LogP contribution is 2.22. The molecular weight excluding hydrogens is 438 g/mol. The lowest BCUT2D eigenvalue weighted by Gasteiger charge is -2.17. The standard InChI is InChI=1S/C26H20F2N4O2/c1-17(18-7-3-2-4-8-18)31-16-29-24-23(31)25(33)30(15-19-9-5-6-10-22(19)28)26(34)32(24)21-13-11-20(27)12-14-21/h2-14,16-17H,15H2,1H3. The first kappa shape index (κ1) is 21.5. The Hall–Kier alpha value is -4.33. The third kappa shape index (κ3) is 3.63. The van der Waals surface area contributed by atoms with E-state index in [0.29, 0.717) is 5.69 Å². The minimum absolute atomic E-state index is 0.147.